The first kappa shape index (κ1) is 18.5. The van der Waals surface area contributed by atoms with Crippen molar-refractivity contribution < 1.29 is 9.53 Å². The molecule has 0 saturated heterocycles. The summed E-state index contributed by atoms with van der Waals surface area (Å²) in [6.45, 7) is 2.23. The number of benzene rings is 2. The number of rotatable bonds is 4. The predicted molar refractivity (Wildman–Crippen MR) is 116 cm³/mol. The molecule has 2 aromatic carbocycles. The molecule has 1 N–H and O–H groups in total. The Balaban J connectivity index is 1.44. The Hall–Kier alpha value is -1.55. The van der Waals surface area contributed by atoms with Crippen molar-refractivity contribution in [2.24, 2.45) is 23.2 Å². The molecule has 4 aliphatic rings. The second-order valence-corrected chi connectivity index (χ2v) is 10.3. The van der Waals surface area contributed by atoms with Crippen molar-refractivity contribution in [3.8, 4) is 5.75 Å². The molecule has 4 saturated carbocycles. The van der Waals surface area contributed by atoms with E-state index in [1.165, 1.54) is 38.5 Å². The minimum atomic E-state index is -0.0217. The quantitative estimate of drug-likeness (QED) is 0.636. The van der Waals surface area contributed by atoms with Gasteiger partial charge in [0.25, 0.3) is 5.91 Å². The van der Waals surface area contributed by atoms with Gasteiger partial charge in [-0.2, -0.15) is 0 Å². The fourth-order valence-electron chi connectivity index (χ4n) is 6.79. The second kappa shape index (κ2) is 6.76. The molecule has 0 spiro atoms. The van der Waals surface area contributed by atoms with Gasteiger partial charge in [0.1, 0.15) is 5.75 Å². The molecule has 0 aromatic heterocycles. The fourth-order valence-corrected chi connectivity index (χ4v) is 7.52. The van der Waals surface area contributed by atoms with E-state index in [0.717, 1.165) is 33.0 Å². The first-order valence-electron chi connectivity index (χ1n) is 10.5. The van der Waals surface area contributed by atoms with Gasteiger partial charge in [0.05, 0.1) is 17.1 Å². The molecular weight excluding hydrogens is 414 g/mol. The summed E-state index contributed by atoms with van der Waals surface area (Å²) in [4.78, 5) is 13.3. The van der Waals surface area contributed by atoms with E-state index in [0.29, 0.717) is 16.7 Å². The smallest absolute Gasteiger partial charge is 0.255 e. The van der Waals surface area contributed by atoms with E-state index < -0.39 is 0 Å². The maximum absolute atomic E-state index is 13.3. The molecule has 4 heteroatoms. The van der Waals surface area contributed by atoms with Crippen LogP contribution in [-0.2, 0) is 0 Å². The minimum Gasteiger partial charge on any atom is -0.495 e. The molecule has 6 rings (SSSR count). The second-order valence-electron chi connectivity index (χ2n) is 9.47. The van der Waals surface area contributed by atoms with E-state index in [-0.39, 0.29) is 11.9 Å². The third-order valence-electron chi connectivity index (χ3n) is 7.74. The van der Waals surface area contributed by atoms with Gasteiger partial charge in [-0.3, -0.25) is 4.79 Å². The van der Waals surface area contributed by atoms with Crippen molar-refractivity contribution in [3.05, 3.63) is 40.4 Å². The van der Waals surface area contributed by atoms with Crippen LogP contribution in [0.4, 0.5) is 0 Å². The Kier molecular flexibility index (Phi) is 4.46. The lowest BCUT2D eigenvalue weighted by molar-refractivity contribution is -0.0688. The Morgan fingerprint density at radius 1 is 1.14 bits per heavy atom. The van der Waals surface area contributed by atoms with Gasteiger partial charge in [0.15, 0.2) is 0 Å². The summed E-state index contributed by atoms with van der Waals surface area (Å²) in [6.07, 6.45) is 8.14. The number of ether oxygens (including phenoxy) is 1. The molecule has 2 aromatic rings. The van der Waals surface area contributed by atoms with Crippen molar-refractivity contribution in [1.82, 2.24) is 5.32 Å². The Morgan fingerprint density at radius 3 is 2.36 bits per heavy atom. The van der Waals surface area contributed by atoms with Gasteiger partial charge in [-0.05, 0) is 101 Å². The van der Waals surface area contributed by atoms with Crippen molar-refractivity contribution in [2.75, 3.05) is 7.11 Å². The molecule has 0 unspecified atom stereocenters. The highest BCUT2D eigenvalue weighted by Gasteiger charge is 2.53. The van der Waals surface area contributed by atoms with E-state index in [4.69, 9.17) is 4.74 Å². The first-order chi connectivity index (χ1) is 13.5. The van der Waals surface area contributed by atoms with Gasteiger partial charge < -0.3 is 10.1 Å². The maximum atomic E-state index is 13.3. The molecule has 1 amide bonds. The van der Waals surface area contributed by atoms with E-state index in [1.54, 1.807) is 7.11 Å². The SMILES string of the molecule is COc1c(C(=O)N[C@@H](C)C23CC4CC(CC(C4)C2)C3)cc2ccccc2c1Br. The minimum absolute atomic E-state index is 0.0217. The van der Waals surface area contributed by atoms with Gasteiger partial charge in [0, 0.05) is 6.04 Å². The molecule has 28 heavy (non-hydrogen) atoms. The van der Waals surface area contributed by atoms with Crippen molar-refractivity contribution in [1.29, 1.82) is 0 Å². The summed E-state index contributed by atoms with van der Waals surface area (Å²) in [6, 6.07) is 10.2. The summed E-state index contributed by atoms with van der Waals surface area (Å²) in [5.74, 6) is 3.25. The van der Waals surface area contributed by atoms with Crippen LogP contribution >= 0.6 is 15.9 Å². The largest absolute Gasteiger partial charge is 0.495 e. The van der Waals surface area contributed by atoms with Crippen LogP contribution in [0.15, 0.2) is 34.8 Å². The highest BCUT2D eigenvalue weighted by atomic mass is 79.9. The van der Waals surface area contributed by atoms with E-state index >= 15 is 0 Å². The van der Waals surface area contributed by atoms with Crippen molar-refractivity contribution in [3.63, 3.8) is 0 Å². The topological polar surface area (TPSA) is 38.3 Å². The zero-order valence-corrected chi connectivity index (χ0v) is 18.2. The van der Waals surface area contributed by atoms with Crippen LogP contribution < -0.4 is 10.1 Å². The van der Waals surface area contributed by atoms with Gasteiger partial charge >= 0.3 is 0 Å². The number of amides is 1. The van der Waals surface area contributed by atoms with Crippen LogP contribution in [-0.4, -0.2) is 19.1 Å². The third-order valence-corrected chi connectivity index (χ3v) is 8.53. The first-order valence-corrected chi connectivity index (χ1v) is 11.3. The zero-order chi connectivity index (χ0) is 19.5. The maximum Gasteiger partial charge on any atom is 0.255 e. The van der Waals surface area contributed by atoms with Crippen LogP contribution in [0.25, 0.3) is 10.8 Å². The molecule has 0 heterocycles. The molecule has 148 valence electrons. The summed E-state index contributed by atoms with van der Waals surface area (Å²) in [5, 5.41) is 5.48. The molecular formula is C24H28BrNO2. The monoisotopic (exact) mass is 441 g/mol. The molecule has 0 aliphatic heterocycles. The van der Waals surface area contributed by atoms with E-state index in [2.05, 4.69) is 28.2 Å². The lowest BCUT2D eigenvalue weighted by atomic mass is 9.48. The number of carbonyl (C=O) groups is 1. The predicted octanol–water partition coefficient (Wildman–Crippen LogP) is 5.95. The Labute approximate surface area is 175 Å². The lowest BCUT2D eigenvalue weighted by Gasteiger charge is -2.59. The van der Waals surface area contributed by atoms with E-state index in [9.17, 15) is 4.79 Å². The third kappa shape index (κ3) is 2.87. The number of methoxy groups -OCH3 is 1. The fraction of sp³-hybridized carbons (Fsp3) is 0.542. The molecule has 0 radical (unpaired) electrons. The average Bonchev–Trinajstić information content (AvgIpc) is 2.67. The van der Waals surface area contributed by atoms with Crippen molar-refractivity contribution >= 4 is 32.6 Å². The summed E-state index contributed by atoms with van der Waals surface area (Å²) < 4.78 is 6.48. The summed E-state index contributed by atoms with van der Waals surface area (Å²) in [7, 11) is 1.63. The molecule has 4 bridgehead atoms. The molecule has 3 nitrogen and oxygen atoms in total. The standard InChI is InChI=1S/C24H28BrNO2/c1-14(24-11-15-7-16(12-24)9-17(8-15)13-24)26-23(27)20-10-18-5-3-4-6-19(18)21(25)22(20)28-2/h3-6,10,14-17H,7-9,11-13H2,1-2H3,(H,26,27)/t14-,15?,16?,17?,24?/m0/s1. The van der Waals surface area contributed by atoms with Gasteiger partial charge in [-0.15, -0.1) is 0 Å². The molecule has 4 aliphatic carbocycles. The van der Waals surface area contributed by atoms with Crippen LogP contribution in [0.1, 0.15) is 55.8 Å². The molecule has 1 atom stereocenters. The van der Waals surface area contributed by atoms with Crippen LogP contribution in [0.5, 0.6) is 5.75 Å². The Morgan fingerprint density at radius 2 is 1.75 bits per heavy atom. The number of fused-ring (bicyclic) bond motifs is 1. The normalized spacial score (nSPS) is 31.8. The highest BCUT2D eigenvalue weighted by Crippen LogP contribution is 2.61. The van der Waals surface area contributed by atoms with E-state index in [1.807, 2.05) is 30.3 Å². The number of hydrogen-bond acceptors (Lipinski definition) is 2. The van der Waals surface area contributed by atoms with Gasteiger partial charge in [-0.1, -0.05) is 24.3 Å². The average molecular weight is 442 g/mol. The van der Waals surface area contributed by atoms with Gasteiger partial charge in [0.2, 0.25) is 0 Å². The zero-order valence-electron chi connectivity index (χ0n) is 16.6. The van der Waals surface area contributed by atoms with Crippen LogP contribution in [0, 0.1) is 23.2 Å². The summed E-state index contributed by atoms with van der Waals surface area (Å²) >= 11 is 3.65. The number of carbonyl (C=O) groups excluding carboxylic acids is 1. The van der Waals surface area contributed by atoms with Gasteiger partial charge in [-0.25, -0.2) is 0 Å². The lowest BCUT2D eigenvalue weighted by Crippen LogP contribution is -2.55. The number of nitrogens with one attached hydrogen (secondary N) is 1. The highest BCUT2D eigenvalue weighted by molar-refractivity contribution is 9.10. The van der Waals surface area contributed by atoms with Crippen molar-refractivity contribution in [2.45, 2.75) is 51.5 Å². The molecule has 4 fully saturated rings. The Bertz CT molecular complexity index is 902. The summed E-state index contributed by atoms with van der Waals surface area (Å²) in [5.41, 5.74) is 0.913. The van der Waals surface area contributed by atoms with Crippen LogP contribution in [0.3, 0.4) is 0 Å². The van der Waals surface area contributed by atoms with Crippen LogP contribution in [0.2, 0.25) is 0 Å². The number of hydrogen-bond donors (Lipinski definition) is 1. The number of halogens is 1.